The van der Waals surface area contributed by atoms with Gasteiger partial charge in [-0.15, -0.1) is 0 Å². The first kappa shape index (κ1) is 21.8. The number of aliphatic hydroxyl groups is 1. The molecular formula is C24H33N3O4. The first-order chi connectivity index (χ1) is 15.0. The quantitative estimate of drug-likeness (QED) is 0.692. The molecule has 1 aliphatic heterocycles. The lowest BCUT2D eigenvalue weighted by Crippen LogP contribution is -2.35. The number of benzene rings is 1. The second-order valence-corrected chi connectivity index (χ2v) is 8.58. The first-order valence-corrected chi connectivity index (χ1v) is 11.2. The number of likely N-dealkylation sites (tertiary alicyclic amines) is 1. The van der Waals surface area contributed by atoms with E-state index in [-0.39, 0.29) is 11.9 Å². The van der Waals surface area contributed by atoms with Gasteiger partial charge in [0.2, 0.25) is 5.88 Å². The van der Waals surface area contributed by atoms with Gasteiger partial charge in [-0.05, 0) is 45.6 Å². The molecule has 2 aromatic rings. The molecule has 1 aromatic carbocycles. The van der Waals surface area contributed by atoms with E-state index in [1.807, 2.05) is 19.9 Å². The zero-order valence-corrected chi connectivity index (χ0v) is 18.9. The third-order valence-corrected chi connectivity index (χ3v) is 6.61. The number of hydrogen-bond donors (Lipinski definition) is 1. The van der Waals surface area contributed by atoms with Gasteiger partial charge >= 0.3 is 6.01 Å². The second kappa shape index (κ2) is 9.01. The Morgan fingerprint density at radius 1 is 1.19 bits per heavy atom. The van der Waals surface area contributed by atoms with Gasteiger partial charge in [0.25, 0.3) is 0 Å². The van der Waals surface area contributed by atoms with Crippen molar-refractivity contribution in [1.82, 2.24) is 14.9 Å². The first-order valence-electron chi connectivity index (χ1n) is 11.2. The normalized spacial score (nSPS) is 25.5. The van der Waals surface area contributed by atoms with E-state index in [9.17, 15) is 5.11 Å². The summed E-state index contributed by atoms with van der Waals surface area (Å²) >= 11 is 0. The van der Waals surface area contributed by atoms with Crippen LogP contribution in [0.3, 0.4) is 0 Å². The summed E-state index contributed by atoms with van der Waals surface area (Å²) in [5.41, 5.74) is 2.09. The molecule has 2 aliphatic rings. The number of hydrogen-bond acceptors (Lipinski definition) is 7. The Morgan fingerprint density at radius 2 is 2.00 bits per heavy atom. The minimum absolute atomic E-state index is 0.115. The van der Waals surface area contributed by atoms with Gasteiger partial charge in [-0.3, -0.25) is 4.90 Å². The Balaban J connectivity index is 1.57. The molecule has 7 heteroatoms. The molecule has 1 saturated carbocycles. The zero-order valence-electron chi connectivity index (χ0n) is 18.9. The molecule has 1 saturated heterocycles. The lowest BCUT2D eigenvalue weighted by atomic mass is 9.83. The Morgan fingerprint density at radius 3 is 2.74 bits per heavy atom. The lowest BCUT2D eigenvalue weighted by Gasteiger charge is -2.31. The third kappa shape index (κ3) is 4.21. The van der Waals surface area contributed by atoms with E-state index >= 15 is 0 Å². The number of nitrogens with zero attached hydrogens (tertiary/aromatic N) is 3. The van der Waals surface area contributed by atoms with Crippen LogP contribution in [0.15, 0.2) is 24.4 Å². The average Bonchev–Trinajstić information content (AvgIpc) is 3.29. The van der Waals surface area contributed by atoms with Crippen LogP contribution in [0.4, 0.5) is 0 Å². The van der Waals surface area contributed by atoms with Crippen LogP contribution in [-0.2, 0) is 12.1 Å². The van der Waals surface area contributed by atoms with Gasteiger partial charge in [0.15, 0.2) is 0 Å². The second-order valence-electron chi connectivity index (χ2n) is 8.58. The standard InChI is InChI=1S/C24H33N3O4/c1-5-30-22-19(12-25-23(26-22)31-6-2)24(28)10-9-17-13-27(15-20(17)24)14-18-11-16(3)7-8-21(18)29-4/h7-8,11-12,17,20,28H,5-6,9-10,13-15H2,1-4H3/t17-,20+,24-/m1/s1. The Hall–Kier alpha value is -2.38. The van der Waals surface area contributed by atoms with Gasteiger partial charge in [0.05, 0.1) is 25.9 Å². The summed E-state index contributed by atoms with van der Waals surface area (Å²) in [5.74, 6) is 1.89. The largest absolute Gasteiger partial charge is 0.496 e. The fourth-order valence-corrected chi connectivity index (χ4v) is 5.21. The highest BCUT2D eigenvalue weighted by Crippen LogP contribution is 2.52. The molecule has 0 spiro atoms. The van der Waals surface area contributed by atoms with Crippen LogP contribution in [-0.4, -0.2) is 53.4 Å². The van der Waals surface area contributed by atoms with E-state index in [0.29, 0.717) is 37.0 Å². The average molecular weight is 428 g/mol. The van der Waals surface area contributed by atoms with Crippen molar-refractivity contribution in [1.29, 1.82) is 0 Å². The molecule has 0 unspecified atom stereocenters. The van der Waals surface area contributed by atoms with Crippen molar-refractivity contribution in [2.45, 2.75) is 45.8 Å². The summed E-state index contributed by atoms with van der Waals surface area (Å²) in [6.45, 7) is 9.45. The number of aromatic nitrogens is 2. The van der Waals surface area contributed by atoms with Gasteiger partial charge in [-0.2, -0.15) is 4.98 Å². The summed E-state index contributed by atoms with van der Waals surface area (Å²) in [6, 6.07) is 6.57. The van der Waals surface area contributed by atoms with Crippen molar-refractivity contribution in [3.63, 3.8) is 0 Å². The third-order valence-electron chi connectivity index (χ3n) is 6.61. The number of fused-ring (bicyclic) bond motifs is 1. The Labute approximate surface area is 184 Å². The SMILES string of the molecule is CCOc1ncc([C@]2(O)CC[C@@H]3CN(Cc4cc(C)ccc4OC)C[C@@H]32)c(OCC)n1. The topological polar surface area (TPSA) is 76.9 Å². The van der Waals surface area contributed by atoms with Gasteiger partial charge in [0.1, 0.15) is 11.4 Å². The zero-order chi connectivity index (χ0) is 22.0. The number of methoxy groups -OCH3 is 1. The molecule has 0 bridgehead atoms. The monoisotopic (exact) mass is 427 g/mol. The van der Waals surface area contributed by atoms with Crippen LogP contribution in [0.25, 0.3) is 0 Å². The number of aryl methyl sites for hydroxylation is 1. The molecule has 168 valence electrons. The molecule has 2 fully saturated rings. The maximum atomic E-state index is 11.8. The highest BCUT2D eigenvalue weighted by atomic mass is 16.5. The van der Waals surface area contributed by atoms with Crippen LogP contribution >= 0.6 is 0 Å². The Bertz CT molecular complexity index is 922. The molecular weight excluding hydrogens is 394 g/mol. The van der Waals surface area contributed by atoms with Crippen molar-refractivity contribution in [3.8, 4) is 17.6 Å². The van der Waals surface area contributed by atoms with Crippen LogP contribution in [0.1, 0.15) is 43.4 Å². The van der Waals surface area contributed by atoms with Gasteiger partial charge in [-0.25, -0.2) is 4.98 Å². The fraction of sp³-hybridized carbons (Fsp3) is 0.583. The fourth-order valence-electron chi connectivity index (χ4n) is 5.21. The highest BCUT2D eigenvalue weighted by Gasteiger charge is 2.54. The van der Waals surface area contributed by atoms with Crippen LogP contribution < -0.4 is 14.2 Å². The minimum atomic E-state index is -0.995. The molecule has 1 N–H and O–H groups in total. The van der Waals surface area contributed by atoms with E-state index in [1.54, 1.807) is 13.3 Å². The van der Waals surface area contributed by atoms with Crippen molar-refractivity contribution in [2.75, 3.05) is 33.4 Å². The van der Waals surface area contributed by atoms with Gasteiger partial charge in [0, 0.05) is 37.3 Å². The molecule has 0 amide bonds. The maximum absolute atomic E-state index is 11.8. The minimum Gasteiger partial charge on any atom is -0.496 e. The predicted octanol–water partition coefficient (Wildman–Crippen LogP) is 3.32. The van der Waals surface area contributed by atoms with E-state index in [2.05, 4.69) is 33.9 Å². The predicted molar refractivity (Wildman–Crippen MR) is 117 cm³/mol. The summed E-state index contributed by atoms with van der Waals surface area (Å²) < 4.78 is 16.8. The van der Waals surface area contributed by atoms with E-state index in [1.165, 1.54) is 11.1 Å². The van der Waals surface area contributed by atoms with Crippen LogP contribution in [0.5, 0.6) is 17.6 Å². The van der Waals surface area contributed by atoms with Crippen molar-refractivity contribution >= 4 is 0 Å². The summed E-state index contributed by atoms with van der Waals surface area (Å²) in [6.07, 6.45) is 3.36. The molecule has 3 atom stereocenters. The molecule has 1 aromatic heterocycles. The number of rotatable bonds is 8. The molecule has 31 heavy (non-hydrogen) atoms. The Kier molecular flexibility index (Phi) is 6.34. The summed E-state index contributed by atoms with van der Waals surface area (Å²) in [5, 5.41) is 11.8. The summed E-state index contributed by atoms with van der Waals surface area (Å²) in [4.78, 5) is 11.2. The van der Waals surface area contributed by atoms with Crippen LogP contribution in [0, 0.1) is 18.8 Å². The van der Waals surface area contributed by atoms with Crippen molar-refractivity contribution in [3.05, 3.63) is 41.1 Å². The molecule has 7 nitrogen and oxygen atoms in total. The van der Waals surface area contributed by atoms with Crippen molar-refractivity contribution < 1.29 is 19.3 Å². The molecule has 1 aliphatic carbocycles. The molecule has 2 heterocycles. The lowest BCUT2D eigenvalue weighted by molar-refractivity contribution is -0.0102. The highest BCUT2D eigenvalue weighted by molar-refractivity contribution is 5.37. The van der Waals surface area contributed by atoms with Crippen LogP contribution in [0.2, 0.25) is 0 Å². The molecule has 0 radical (unpaired) electrons. The van der Waals surface area contributed by atoms with Crippen molar-refractivity contribution in [2.24, 2.45) is 11.8 Å². The van der Waals surface area contributed by atoms with E-state index in [4.69, 9.17) is 14.2 Å². The van der Waals surface area contributed by atoms with Gasteiger partial charge < -0.3 is 19.3 Å². The van der Waals surface area contributed by atoms with E-state index in [0.717, 1.165) is 31.8 Å². The summed E-state index contributed by atoms with van der Waals surface area (Å²) in [7, 11) is 1.72. The van der Waals surface area contributed by atoms with Gasteiger partial charge in [-0.1, -0.05) is 17.7 Å². The molecule has 4 rings (SSSR count). The smallest absolute Gasteiger partial charge is 0.319 e. The maximum Gasteiger partial charge on any atom is 0.319 e. The number of ether oxygens (including phenoxy) is 3. The van der Waals surface area contributed by atoms with E-state index < -0.39 is 5.60 Å².